The predicted octanol–water partition coefficient (Wildman–Crippen LogP) is 5.06. The van der Waals surface area contributed by atoms with Crippen molar-refractivity contribution < 1.29 is 13.6 Å². The lowest BCUT2D eigenvalue weighted by Gasteiger charge is -2.06. The zero-order valence-electron chi connectivity index (χ0n) is 11.4. The molecule has 1 amide bonds. The molecule has 4 nitrogen and oxygen atoms in total. The molecule has 3 rings (SSSR count). The minimum Gasteiger partial charge on any atom is -0.337 e. The minimum absolute atomic E-state index is 0.299. The summed E-state index contributed by atoms with van der Waals surface area (Å²) >= 11 is 11.7. The second kappa shape index (κ2) is 6.14. The number of halogens is 4. The molecule has 1 heterocycles. The first-order chi connectivity index (χ1) is 10.9. The van der Waals surface area contributed by atoms with Gasteiger partial charge in [-0.3, -0.25) is 4.79 Å². The number of benzene rings is 2. The molecule has 8 heteroatoms. The molecule has 0 saturated heterocycles. The van der Waals surface area contributed by atoms with E-state index in [-0.39, 0.29) is 0 Å². The highest BCUT2D eigenvalue weighted by Gasteiger charge is 2.14. The van der Waals surface area contributed by atoms with Crippen molar-refractivity contribution >= 4 is 45.8 Å². The second-order valence-electron chi connectivity index (χ2n) is 4.74. The summed E-state index contributed by atoms with van der Waals surface area (Å²) in [5.74, 6) is -0.833. The number of aromatic amines is 1. The zero-order valence-corrected chi connectivity index (χ0v) is 12.9. The van der Waals surface area contributed by atoms with Crippen LogP contribution in [0.5, 0.6) is 0 Å². The molecule has 0 saturated carbocycles. The standard InChI is InChI=1S/C15H9Cl2F2N3O/c16-9-3-2-8(6-10(9)17)20-15(23)7-1-4-11-12(5-7)22-14(21-11)13(18)19/h1-6,13H,(H,20,23)(H,21,22). The molecule has 3 aromatic rings. The number of amides is 1. The lowest BCUT2D eigenvalue weighted by atomic mass is 10.2. The third kappa shape index (κ3) is 3.28. The van der Waals surface area contributed by atoms with Crippen LogP contribution >= 0.6 is 23.2 Å². The van der Waals surface area contributed by atoms with Gasteiger partial charge in [0.15, 0.2) is 5.82 Å². The topological polar surface area (TPSA) is 57.8 Å². The molecule has 23 heavy (non-hydrogen) atoms. The van der Waals surface area contributed by atoms with E-state index in [9.17, 15) is 13.6 Å². The maximum atomic E-state index is 12.6. The van der Waals surface area contributed by atoms with Gasteiger partial charge in [-0.15, -0.1) is 0 Å². The van der Waals surface area contributed by atoms with Crippen LogP contribution in [0.15, 0.2) is 36.4 Å². The van der Waals surface area contributed by atoms with Crippen molar-refractivity contribution in [2.24, 2.45) is 0 Å². The van der Waals surface area contributed by atoms with Gasteiger partial charge in [0, 0.05) is 11.3 Å². The Labute approximate surface area is 139 Å². The van der Waals surface area contributed by atoms with E-state index in [0.717, 1.165) is 0 Å². The molecule has 0 spiro atoms. The minimum atomic E-state index is -2.70. The molecule has 2 N–H and O–H groups in total. The molecule has 0 bridgehead atoms. The van der Waals surface area contributed by atoms with Crippen molar-refractivity contribution in [3.63, 3.8) is 0 Å². The third-order valence-electron chi connectivity index (χ3n) is 3.15. The highest BCUT2D eigenvalue weighted by Crippen LogP contribution is 2.26. The zero-order chi connectivity index (χ0) is 16.6. The Morgan fingerprint density at radius 1 is 1.13 bits per heavy atom. The van der Waals surface area contributed by atoms with E-state index in [1.165, 1.54) is 24.3 Å². The van der Waals surface area contributed by atoms with Crippen LogP contribution in [0.3, 0.4) is 0 Å². The third-order valence-corrected chi connectivity index (χ3v) is 3.89. The van der Waals surface area contributed by atoms with Crippen molar-refractivity contribution in [1.29, 1.82) is 0 Å². The van der Waals surface area contributed by atoms with E-state index >= 15 is 0 Å². The molecule has 0 unspecified atom stereocenters. The fourth-order valence-corrected chi connectivity index (χ4v) is 2.35. The van der Waals surface area contributed by atoms with Gasteiger partial charge >= 0.3 is 0 Å². The fourth-order valence-electron chi connectivity index (χ4n) is 2.05. The van der Waals surface area contributed by atoms with Crippen molar-refractivity contribution in [2.45, 2.75) is 6.43 Å². The van der Waals surface area contributed by atoms with Crippen LogP contribution in [0.2, 0.25) is 10.0 Å². The predicted molar refractivity (Wildman–Crippen MR) is 85.5 cm³/mol. The van der Waals surface area contributed by atoms with Crippen molar-refractivity contribution in [3.8, 4) is 0 Å². The number of anilines is 1. The number of imidazole rings is 1. The van der Waals surface area contributed by atoms with E-state index in [2.05, 4.69) is 15.3 Å². The Hall–Kier alpha value is -2.18. The Kier molecular flexibility index (Phi) is 4.19. The maximum absolute atomic E-state index is 12.6. The Balaban J connectivity index is 1.86. The van der Waals surface area contributed by atoms with Crippen LogP contribution < -0.4 is 5.32 Å². The number of nitrogens with one attached hydrogen (secondary N) is 2. The van der Waals surface area contributed by atoms with Gasteiger partial charge in [-0.1, -0.05) is 23.2 Å². The molecule has 0 aliphatic carbocycles. The Morgan fingerprint density at radius 2 is 1.91 bits per heavy atom. The van der Waals surface area contributed by atoms with E-state index in [0.29, 0.717) is 32.3 Å². The van der Waals surface area contributed by atoms with Crippen LogP contribution in [0.1, 0.15) is 22.6 Å². The highest BCUT2D eigenvalue weighted by molar-refractivity contribution is 6.42. The fraction of sp³-hybridized carbons (Fsp3) is 0.0667. The van der Waals surface area contributed by atoms with Crippen LogP contribution in [0.25, 0.3) is 11.0 Å². The van der Waals surface area contributed by atoms with Gasteiger partial charge in [-0.25, -0.2) is 13.8 Å². The summed E-state index contributed by atoms with van der Waals surface area (Å²) in [7, 11) is 0. The number of hydrogen-bond donors (Lipinski definition) is 2. The number of aromatic nitrogens is 2. The first kappa shape index (κ1) is 15.7. The molecule has 0 fully saturated rings. The van der Waals surface area contributed by atoms with Crippen LogP contribution in [0, 0.1) is 0 Å². The van der Waals surface area contributed by atoms with Crippen LogP contribution in [0.4, 0.5) is 14.5 Å². The number of rotatable bonds is 3. The summed E-state index contributed by atoms with van der Waals surface area (Å²) in [6.45, 7) is 0. The number of alkyl halides is 2. The highest BCUT2D eigenvalue weighted by atomic mass is 35.5. The summed E-state index contributed by atoms with van der Waals surface area (Å²) in [5, 5.41) is 3.35. The summed E-state index contributed by atoms with van der Waals surface area (Å²) in [4.78, 5) is 18.5. The number of fused-ring (bicyclic) bond motifs is 1. The monoisotopic (exact) mass is 355 g/mol. The summed E-state index contributed by atoms with van der Waals surface area (Å²) in [5.41, 5.74) is 1.50. The largest absolute Gasteiger partial charge is 0.337 e. The average molecular weight is 356 g/mol. The quantitative estimate of drug-likeness (QED) is 0.689. The summed E-state index contributed by atoms with van der Waals surface area (Å²) < 4.78 is 25.3. The molecule has 0 aliphatic rings. The lowest BCUT2D eigenvalue weighted by Crippen LogP contribution is -2.11. The van der Waals surface area contributed by atoms with E-state index in [1.54, 1.807) is 12.1 Å². The maximum Gasteiger partial charge on any atom is 0.295 e. The van der Waals surface area contributed by atoms with Gasteiger partial charge in [-0.05, 0) is 36.4 Å². The van der Waals surface area contributed by atoms with Gasteiger partial charge in [0.1, 0.15) is 0 Å². The first-order valence-electron chi connectivity index (χ1n) is 6.48. The molecule has 0 radical (unpaired) electrons. The van der Waals surface area contributed by atoms with E-state index < -0.39 is 18.2 Å². The van der Waals surface area contributed by atoms with E-state index in [4.69, 9.17) is 23.2 Å². The van der Waals surface area contributed by atoms with E-state index in [1.807, 2.05) is 0 Å². The SMILES string of the molecule is O=C(Nc1ccc(Cl)c(Cl)c1)c1ccc2nc(C(F)F)[nH]c2c1. The molecule has 1 aromatic heterocycles. The number of H-pyrrole nitrogens is 1. The molecular formula is C15H9Cl2F2N3O. The Morgan fingerprint density at radius 3 is 2.61 bits per heavy atom. The molecule has 118 valence electrons. The summed E-state index contributed by atoms with van der Waals surface area (Å²) in [6, 6.07) is 9.15. The van der Waals surface area contributed by atoms with Crippen LogP contribution in [-0.2, 0) is 0 Å². The number of hydrogen-bond acceptors (Lipinski definition) is 2. The molecule has 0 atom stereocenters. The Bertz CT molecular complexity index is 896. The molecule has 2 aromatic carbocycles. The second-order valence-corrected chi connectivity index (χ2v) is 5.55. The lowest BCUT2D eigenvalue weighted by molar-refractivity contribution is 0.102. The van der Waals surface area contributed by atoms with Crippen molar-refractivity contribution in [1.82, 2.24) is 9.97 Å². The normalized spacial score (nSPS) is 11.2. The van der Waals surface area contributed by atoms with Gasteiger partial charge in [0.2, 0.25) is 0 Å². The van der Waals surface area contributed by atoms with Gasteiger partial charge < -0.3 is 10.3 Å². The number of carbonyl (C=O) groups excluding carboxylic acids is 1. The number of nitrogens with zero attached hydrogens (tertiary/aromatic N) is 1. The smallest absolute Gasteiger partial charge is 0.295 e. The average Bonchev–Trinajstić information content (AvgIpc) is 2.94. The first-order valence-corrected chi connectivity index (χ1v) is 7.24. The van der Waals surface area contributed by atoms with Crippen LogP contribution in [-0.4, -0.2) is 15.9 Å². The van der Waals surface area contributed by atoms with Gasteiger partial charge in [0.05, 0.1) is 21.1 Å². The molecular weight excluding hydrogens is 347 g/mol. The number of carbonyl (C=O) groups is 1. The van der Waals surface area contributed by atoms with Gasteiger partial charge in [0.25, 0.3) is 12.3 Å². The molecule has 0 aliphatic heterocycles. The van der Waals surface area contributed by atoms with Crippen molar-refractivity contribution in [3.05, 3.63) is 57.8 Å². The van der Waals surface area contributed by atoms with Crippen molar-refractivity contribution in [2.75, 3.05) is 5.32 Å². The summed E-state index contributed by atoms with van der Waals surface area (Å²) in [6.07, 6.45) is -2.70. The van der Waals surface area contributed by atoms with Gasteiger partial charge in [-0.2, -0.15) is 0 Å².